The molecule has 0 N–H and O–H groups in total. The first kappa shape index (κ1) is 12.4. The van der Waals surface area contributed by atoms with Gasteiger partial charge < -0.3 is 4.57 Å². The highest BCUT2D eigenvalue weighted by molar-refractivity contribution is 6.17. The number of aryl methyl sites for hydroxylation is 1. The molecule has 0 saturated heterocycles. The highest BCUT2D eigenvalue weighted by Crippen LogP contribution is 2.21. The van der Waals surface area contributed by atoms with Crippen molar-refractivity contribution in [3.63, 3.8) is 0 Å². The molecule has 0 amide bonds. The van der Waals surface area contributed by atoms with Gasteiger partial charge in [-0.25, -0.2) is 4.98 Å². The summed E-state index contributed by atoms with van der Waals surface area (Å²) in [5.74, 6) is 1.92. The quantitative estimate of drug-likeness (QED) is 0.575. The second kappa shape index (κ2) is 5.54. The van der Waals surface area contributed by atoms with Crippen LogP contribution >= 0.6 is 11.6 Å². The van der Waals surface area contributed by atoms with Crippen LogP contribution in [0.5, 0.6) is 0 Å². The zero-order chi connectivity index (χ0) is 12.3. The van der Waals surface area contributed by atoms with E-state index in [1.807, 2.05) is 6.07 Å². The molecule has 2 aromatic rings. The first-order valence-electron chi connectivity index (χ1n) is 6.26. The summed E-state index contributed by atoms with van der Waals surface area (Å²) in [6.45, 7) is 4.42. The predicted molar refractivity (Wildman–Crippen MR) is 73.8 cm³/mol. The van der Waals surface area contributed by atoms with Crippen molar-refractivity contribution in [2.24, 2.45) is 0 Å². The minimum Gasteiger partial charge on any atom is -0.325 e. The van der Waals surface area contributed by atoms with Gasteiger partial charge in [0, 0.05) is 18.3 Å². The Labute approximate surface area is 108 Å². The van der Waals surface area contributed by atoms with E-state index >= 15 is 0 Å². The average Bonchev–Trinajstić information content (AvgIpc) is 2.67. The standard InChI is InChI=1S/C14H19ClN2/c1-11(2)17-13-8-4-3-7-12(13)16-14(17)9-5-6-10-15/h3-4,7-8,11H,5-6,9-10H2,1-2H3. The summed E-state index contributed by atoms with van der Waals surface area (Å²) in [7, 11) is 0. The van der Waals surface area contributed by atoms with Gasteiger partial charge in [0.25, 0.3) is 0 Å². The van der Waals surface area contributed by atoms with Crippen molar-refractivity contribution in [1.29, 1.82) is 0 Å². The van der Waals surface area contributed by atoms with Crippen LogP contribution in [-0.2, 0) is 6.42 Å². The van der Waals surface area contributed by atoms with Gasteiger partial charge in [0.2, 0.25) is 0 Å². The molecule has 0 unspecified atom stereocenters. The summed E-state index contributed by atoms with van der Waals surface area (Å²) < 4.78 is 2.34. The second-order valence-electron chi connectivity index (χ2n) is 4.63. The molecule has 1 aromatic carbocycles. The van der Waals surface area contributed by atoms with Crippen LogP contribution in [0.1, 0.15) is 38.6 Å². The Hall–Kier alpha value is -1.02. The molecule has 0 radical (unpaired) electrons. The third-order valence-corrected chi connectivity index (χ3v) is 3.24. The number of aromatic nitrogens is 2. The smallest absolute Gasteiger partial charge is 0.110 e. The van der Waals surface area contributed by atoms with E-state index < -0.39 is 0 Å². The lowest BCUT2D eigenvalue weighted by Crippen LogP contribution is -2.06. The number of unbranched alkanes of at least 4 members (excludes halogenated alkanes) is 1. The zero-order valence-corrected chi connectivity index (χ0v) is 11.2. The zero-order valence-electron chi connectivity index (χ0n) is 10.5. The number of fused-ring (bicyclic) bond motifs is 1. The SMILES string of the molecule is CC(C)n1c(CCCCCl)nc2ccccc21. The molecule has 2 nitrogen and oxygen atoms in total. The maximum absolute atomic E-state index is 5.72. The summed E-state index contributed by atoms with van der Waals surface area (Å²) >= 11 is 5.72. The molecule has 0 saturated carbocycles. The van der Waals surface area contributed by atoms with Gasteiger partial charge in [-0.05, 0) is 38.8 Å². The Morgan fingerprint density at radius 2 is 2.00 bits per heavy atom. The molecular weight excluding hydrogens is 232 g/mol. The molecule has 0 atom stereocenters. The van der Waals surface area contributed by atoms with E-state index in [1.165, 1.54) is 11.3 Å². The number of rotatable bonds is 5. The highest BCUT2D eigenvalue weighted by atomic mass is 35.5. The number of halogens is 1. The van der Waals surface area contributed by atoms with Crippen molar-refractivity contribution >= 4 is 22.6 Å². The van der Waals surface area contributed by atoms with Crippen molar-refractivity contribution < 1.29 is 0 Å². The van der Waals surface area contributed by atoms with Crippen molar-refractivity contribution in [1.82, 2.24) is 9.55 Å². The average molecular weight is 251 g/mol. The minimum absolute atomic E-state index is 0.452. The lowest BCUT2D eigenvalue weighted by atomic mass is 10.2. The predicted octanol–water partition coefficient (Wildman–Crippen LogP) is 4.18. The maximum Gasteiger partial charge on any atom is 0.110 e. The van der Waals surface area contributed by atoms with Crippen LogP contribution in [0.2, 0.25) is 0 Å². The second-order valence-corrected chi connectivity index (χ2v) is 5.00. The van der Waals surface area contributed by atoms with E-state index in [-0.39, 0.29) is 0 Å². The summed E-state index contributed by atoms with van der Waals surface area (Å²) in [6.07, 6.45) is 3.18. The van der Waals surface area contributed by atoms with Crippen LogP contribution in [0.25, 0.3) is 11.0 Å². The molecule has 1 heterocycles. The molecule has 0 spiro atoms. The van der Waals surface area contributed by atoms with Gasteiger partial charge in [0.15, 0.2) is 0 Å². The normalized spacial score (nSPS) is 11.5. The summed E-state index contributed by atoms with van der Waals surface area (Å²) in [5.41, 5.74) is 2.34. The fraction of sp³-hybridized carbons (Fsp3) is 0.500. The van der Waals surface area contributed by atoms with Gasteiger partial charge >= 0.3 is 0 Å². The molecule has 3 heteroatoms. The van der Waals surface area contributed by atoms with Crippen LogP contribution in [0.4, 0.5) is 0 Å². The van der Waals surface area contributed by atoms with Crippen molar-refractivity contribution in [2.45, 2.75) is 39.2 Å². The first-order chi connectivity index (χ1) is 8.24. The summed E-state index contributed by atoms with van der Waals surface area (Å²) in [5, 5.41) is 0. The van der Waals surface area contributed by atoms with E-state index in [0.29, 0.717) is 6.04 Å². The summed E-state index contributed by atoms with van der Waals surface area (Å²) in [6, 6.07) is 8.80. The van der Waals surface area contributed by atoms with E-state index in [2.05, 4.69) is 36.6 Å². The topological polar surface area (TPSA) is 17.8 Å². The molecule has 2 rings (SSSR count). The van der Waals surface area contributed by atoms with Gasteiger partial charge in [0.05, 0.1) is 11.0 Å². The molecule has 0 aliphatic rings. The van der Waals surface area contributed by atoms with Gasteiger partial charge in [-0.1, -0.05) is 12.1 Å². The Balaban J connectivity index is 2.36. The summed E-state index contributed by atoms with van der Waals surface area (Å²) in [4.78, 5) is 4.73. The van der Waals surface area contributed by atoms with Gasteiger partial charge in [-0.2, -0.15) is 0 Å². The first-order valence-corrected chi connectivity index (χ1v) is 6.79. The number of hydrogen-bond acceptors (Lipinski definition) is 1. The molecule has 0 aliphatic heterocycles. The van der Waals surface area contributed by atoms with Crippen molar-refractivity contribution in [2.75, 3.05) is 5.88 Å². The van der Waals surface area contributed by atoms with E-state index in [4.69, 9.17) is 16.6 Å². The number of nitrogens with zero attached hydrogens (tertiary/aromatic N) is 2. The Morgan fingerprint density at radius 3 is 2.71 bits per heavy atom. The number of imidazole rings is 1. The molecule has 0 aliphatic carbocycles. The van der Waals surface area contributed by atoms with Crippen LogP contribution in [0.3, 0.4) is 0 Å². The van der Waals surface area contributed by atoms with Gasteiger partial charge in [-0.3, -0.25) is 0 Å². The Kier molecular flexibility index (Phi) is 4.06. The van der Waals surface area contributed by atoms with Crippen LogP contribution in [-0.4, -0.2) is 15.4 Å². The van der Waals surface area contributed by atoms with Crippen LogP contribution in [0, 0.1) is 0 Å². The fourth-order valence-corrected chi connectivity index (χ4v) is 2.41. The minimum atomic E-state index is 0.452. The Bertz CT molecular complexity index is 488. The largest absolute Gasteiger partial charge is 0.325 e. The number of benzene rings is 1. The van der Waals surface area contributed by atoms with E-state index in [0.717, 1.165) is 30.7 Å². The van der Waals surface area contributed by atoms with Crippen LogP contribution in [0.15, 0.2) is 24.3 Å². The number of hydrogen-bond donors (Lipinski definition) is 0. The van der Waals surface area contributed by atoms with Crippen LogP contribution < -0.4 is 0 Å². The molecule has 0 fully saturated rings. The van der Waals surface area contributed by atoms with E-state index in [1.54, 1.807) is 0 Å². The van der Waals surface area contributed by atoms with Crippen molar-refractivity contribution in [3.8, 4) is 0 Å². The lowest BCUT2D eigenvalue weighted by Gasteiger charge is -2.12. The molecule has 17 heavy (non-hydrogen) atoms. The lowest BCUT2D eigenvalue weighted by molar-refractivity contribution is 0.574. The molecule has 92 valence electrons. The monoisotopic (exact) mass is 250 g/mol. The Morgan fingerprint density at radius 1 is 1.24 bits per heavy atom. The maximum atomic E-state index is 5.72. The van der Waals surface area contributed by atoms with Gasteiger partial charge in [-0.15, -0.1) is 11.6 Å². The van der Waals surface area contributed by atoms with E-state index in [9.17, 15) is 0 Å². The molecular formula is C14H19ClN2. The number of para-hydroxylation sites is 2. The third kappa shape index (κ3) is 2.63. The third-order valence-electron chi connectivity index (χ3n) is 2.97. The number of alkyl halides is 1. The highest BCUT2D eigenvalue weighted by Gasteiger charge is 2.11. The van der Waals surface area contributed by atoms with Crippen molar-refractivity contribution in [3.05, 3.63) is 30.1 Å². The van der Waals surface area contributed by atoms with Gasteiger partial charge in [0.1, 0.15) is 5.82 Å². The fourth-order valence-electron chi connectivity index (χ4n) is 2.22. The molecule has 0 bridgehead atoms. The molecule has 1 aromatic heterocycles.